The Balaban J connectivity index is 1.50. The van der Waals surface area contributed by atoms with E-state index in [0.29, 0.717) is 24.9 Å². The zero-order valence-corrected chi connectivity index (χ0v) is 15.6. The Bertz CT molecular complexity index is 1000. The van der Waals surface area contributed by atoms with Crippen LogP contribution in [0.15, 0.2) is 57.8 Å². The normalized spacial score (nSPS) is 11.5. The van der Waals surface area contributed by atoms with Crippen LogP contribution < -0.4 is 15.2 Å². The lowest BCUT2D eigenvalue weighted by molar-refractivity contribution is 0.414. The summed E-state index contributed by atoms with van der Waals surface area (Å²) in [4.78, 5) is 0.107. The van der Waals surface area contributed by atoms with Crippen molar-refractivity contribution in [2.75, 3.05) is 13.7 Å². The molecule has 0 saturated heterocycles. The van der Waals surface area contributed by atoms with Crippen LogP contribution in [0.2, 0.25) is 0 Å². The lowest BCUT2D eigenvalue weighted by atomic mass is 10.1. The summed E-state index contributed by atoms with van der Waals surface area (Å²) in [6.07, 6.45) is 0.724. The Labute approximate surface area is 157 Å². The molecular weight excluding hydrogens is 368 g/mol. The van der Waals surface area contributed by atoms with Gasteiger partial charge in [-0.05, 0) is 48.9 Å². The summed E-state index contributed by atoms with van der Waals surface area (Å²) in [5.41, 5.74) is 1.79. The molecule has 0 atom stereocenters. The number of ether oxygens (including phenoxy) is 1. The topological polar surface area (TPSA) is 120 Å². The Kier molecular flexibility index (Phi) is 5.84. The number of aromatic nitrogens is 2. The number of sulfonamides is 1. The molecule has 0 saturated carbocycles. The largest absolute Gasteiger partial charge is 0.497 e. The van der Waals surface area contributed by atoms with Gasteiger partial charge in [-0.15, -0.1) is 10.2 Å². The van der Waals surface area contributed by atoms with Gasteiger partial charge in [0.1, 0.15) is 5.75 Å². The van der Waals surface area contributed by atoms with E-state index in [4.69, 9.17) is 14.3 Å². The summed E-state index contributed by atoms with van der Waals surface area (Å²) in [5.74, 6) is 1.64. The van der Waals surface area contributed by atoms with E-state index in [1.807, 2.05) is 24.3 Å². The summed E-state index contributed by atoms with van der Waals surface area (Å²) in [6.45, 7) is 1.11. The van der Waals surface area contributed by atoms with Gasteiger partial charge in [0.25, 0.3) is 0 Å². The van der Waals surface area contributed by atoms with Crippen LogP contribution in [0, 0.1) is 0 Å². The number of benzene rings is 2. The van der Waals surface area contributed by atoms with E-state index in [2.05, 4.69) is 15.5 Å². The van der Waals surface area contributed by atoms with E-state index in [1.54, 1.807) is 19.2 Å². The zero-order valence-electron chi connectivity index (χ0n) is 14.8. The van der Waals surface area contributed by atoms with Gasteiger partial charge in [-0.1, -0.05) is 18.2 Å². The van der Waals surface area contributed by atoms with Crippen molar-refractivity contribution >= 4 is 10.0 Å². The second-order valence-corrected chi connectivity index (χ2v) is 7.41. The van der Waals surface area contributed by atoms with Gasteiger partial charge in [-0.3, -0.25) is 0 Å². The fourth-order valence-corrected chi connectivity index (χ4v) is 2.99. The van der Waals surface area contributed by atoms with Crippen molar-refractivity contribution in [1.29, 1.82) is 0 Å². The number of hydrogen-bond acceptors (Lipinski definition) is 7. The number of nitrogens with zero attached hydrogens (tertiary/aromatic N) is 2. The summed E-state index contributed by atoms with van der Waals surface area (Å²) in [7, 11) is -2.06. The van der Waals surface area contributed by atoms with E-state index < -0.39 is 10.0 Å². The average Bonchev–Trinajstić information content (AvgIpc) is 3.14. The third-order valence-corrected chi connectivity index (χ3v) is 4.83. The van der Waals surface area contributed by atoms with Crippen molar-refractivity contribution < 1.29 is 17.6 Å². The highest BCUT2D eigenvalue weighted by Crippen LogP contribution is 2.22. The molecule has 0 spiro atoms. The van der Waals surface area contributed by atoms with Gasteiger partial charge in [0.15, 0.2) is 0 Å². The van der Waals surface area contributed by atoms with Gasteiger partial charge >= 0.3 is 0 Å². The highest BCUT2D eigenvalue weighted by molar-refractivity contribution is 7.89. The van der Waals surface area contributed by atoms with Crippen LogP contribution in [0.1, 0.15) is 11.5 Å². The van der Waals surface area contributed by atoms with Crippen molar-refractivity contribution in [3.8, 4) is 17.2 Å². The van der Waals surface area contributed by atoms with Crippen LogP contribution in [-0.2, 0) is 23.0 Å². The Morgan fingerprint density at radius 2 is 1.93 bits per heavy atom. The Hall–Kier alpha value is -2.75. The molecule has 3 rings (SSSR count). The highest BCUT2D eigenvalue weighted by atomic mass is 32.2. The molecule has 0 unspecified atom stereocenters. The number of rotatable bonds is 8. The molecule has 27 heavy (non-hydrogen) atoms. The first-order valence-electron chi connectivity index (χ1n) is 8.25. The third kappa shape index (κ3) is 5.13. The molecule has 0 bridgehead atoms. The first kappa shape index (κ1) is 19.0. The molecule has 3 N–H and O–H groups in total. The smallest absolute Gasteiger partial charge is 0.247 e. The molecule has 3 aromatic rings. The van der Waals surface area contributed by atoms with Crippen molar-refractivity contribution in [3.05, 3.63) is 60.0 Å². The van der Waals surface area contributed by atoms with Gasteiger partial charge in [-0.2, -0.15) is 0 Å². The van der Waals surface area contributed by atoms with Crippen molar-refractivity contribution in [2.45, 2.75) is 17.9 Å². The van der Waals surface area contributed by atoms with Gasteiger partial charge in [-0.25, -0.2) is 13.6 Å². The molecule has 0 aliphatic carbocycles. The molecule has 2 aromatic carbocycles. The van der Waals surface area contributed by atoms with Crippen molar-refractivity contribution in [1.82, 2.24) is 15.5 Å². The molecule has 0 fully saturated rings. The minimum absolute atomic E-state index is 0.107. The first-order valence-corrected chi connectivity index (χ1v) is 9.79. The average molecular weight is 388 g/mol. The number of hydrogen-bond donors (Lipinski definition) is 2. The lowest BCUT2D eigenvalue weighted by Crippen LogP contribution is -2.17. The Morgan fingerprint density at radius 3 is 2.63 bits per heavy atom. The molecule has 8 nitrogen and oxygen atoms in total. The molecule has 142 valence electrons. The van der Waals surface area contributed by atoms with Crippen LogP contribution in [0.3, 0.4) is 0 Å². The van der Waals surface area contributed by atoms with E-state index in [9.17, 15) is 8.42 Å². The van der Waals surface area contributed by atoms with Crippen molar-refractivity contribution in [2.24, 2.45) is 5.14 Å². The van der Waals surface area contributed by atoms with Crippen LogP contribution in [0.5, 0.6) is 5.75 Å². The lowest BCUT2D eigenvalue weighted by Gasteiger charge is -2.04. The SMILES string of the molecule is COc1cccc(-c2nnc(CNCCc3ccc(S(N)(=O)=O)cc3)o2)c1. The number of nitrogens with one attached hydrogen (secondary N) is 1. The highest BCUT2D eigenvalue weighted by Gasteiger charge is 2.09. The molecule has 0 aliphatic heterocycles. The molecule has 0 amide bonds. The summed E-state index contributed by atoms with van der Waals surface area (Å²) < 4.78 is 33.3. The fraction of sp³-hybridized carbons (Fsp3) is 0.222. The van der Waals surface area contributed by atoms with Crippen molar-refractivity contribution in [3.63, 3.8) is 0 Å². The predicted octanol–water partition coefficient (Wildman–Crippen LogP) is 1.72. The van der Waals surface area contributed by atoms with Gasteiger partial charge in [0, 0.05) is 5.56 Å². The second kappa shape index (κ2) is 8.30. The first-order chi connectivity index (χ1) is 13.0. The molecule has 0 radical (unpaired) electrons. The summed E-state index contributed by atoms with van der Waals surface area (Å²) in [5, 5.41) is 16.4. The summed E-state index contributed by atoms with van der Waals surface area (Å²) in [6, 6.07) is 13.9. The van der Waals surface area contributed by atoms with E-state index >= 15 is 0 Å². The summed E-state index contributed by atoms with van der Waals surface area (Å²) >= 11 is 0. The van der Waals surface area contributed by atoms with E-state index in [-0.39, 0.29) is 4.90 Å². The second-order valence-electron chi connectivity index (χ2n) is 5.85. The minimum Gasteiger partial charge on any atom is -0.497 e. The molecule has 0 aliphatic rings. The number of methoxy groups -OCH3 is 1. The molecular formula is C18H20N4O4S. The molecule has 1 heterocycles. The third-order valence-electron chi connectivity index (χ3n) is 3.90. The fourth-order valence-electron chi connectivity index (χ4n) is 2.47. The Morgan fingerprint density at radius 1 is 1.15 bits per heavy atom. The standard InChI is InChI=1S/C18H20N4O4S/c1-25-15-4-2-3-14(11-15)18-22-21-17(26-18)12-20-10-9-13-5-7-16(8-6-13)27(19,23)24/h2-8,11,20H,9-10,12H2,1H3,(H2,19,23,24). The monoisotopic (exact) mass is 388 g/mol. The quantitative estimate of drug-likeness (QED) is 0.564. The van der Waals surface area contributed by atoms with Crippen LogP contribution in [0.4, 0.5) is 0 Å². The maximum absolute atomic E-state index is 11.2. The van der Waals surface area contributed by atoms with Gasteiger partial charge in [0.05, 0.1) is 18.6 Å². The van der Waals surface area contributed by atoms with E-state index in [0.717, 1.165) is 23.3 Å². The maximum Gasteiger partial charge on any atom is 0.247 e. The molecule has 1 aromatic heterocycles. The predicted molar refractivity (Wildman–Crippen MR) is 99.5 cm³/mol. The number of primary sulfonamides is 1. The maximum atomic E-state index is 11.2. The van der Waals surface area contributed by atoms with Crippen LogP contribution in [-0.4, -0.2) is 32.3 Å². The zero-order chi connectivity index (χ0) is 19.3. The number of nitrogens with two attached hydrogens (primary N) is 1. The van der Waals surface area contributed by atoms with Crippen LogP contribution >= 0.6 is 0 Å². The van der Waals surface area contributed by atoms with Crippen LogP contribution in [0.25, 0.3) is 11.5 Å². The minimum atomic E-state index is -3.66. The van der Waals surface area contributed by atoms with E-state index in [1.165, 1.54) is 12.1 Å². The van der Waals surface area contributed by atoms with Gasteiger partial charge in [0.2, 0.25) is 21.8 Å². The molecule has 9 heteroatoms. The van der Waals surface area contributed by atoms with Gasteiger partial charge < -0.3 is 14.5 Å².